The van der Waals surface area contributed by atoms with E-state index in [-0.39, 0.29) is 42.5 Å². The van der Waals surface area contributed by atoms with Crippen molar-refractivity contribution >= 4 is 23.1 Å². The van der Waals surface area contributed by atoms with E-state index >= 15 is 0 Å². The first-order valence-electron chi connectivity index (χ1n) is 11.8. The summed E-state index contributed by atoms with van der Waals surface area (Å²) < 4.78 is 32.6. The molecule has 1 fully saturated rings. The van der Waals surface area contributed by atoms with Gasteiger partial charge in [0.15, 0.2) is 5.82 Å². The predicted octanol–water partition coefficient (Wildman–Crippen LogP) is 3.96. The molecule has 1 aromatic heterocycles. The molecule has 0 atom stereocenters. The summed E-state index contributed by atoms with van der Waals surface area (Å²) in [5.74, 6) is -0.115. The van der Waals surface area contributed by atoms with Crippen molar-refractivity contribution in [3.63, 3.8) is 0 Å². The summed E-state index contributed by atoms with van der Waals surface area (Å²) in [6.45, 7) is 3.97. The largest absolute Gasteiger partial charge is 0.489 e. The first-order chi connectivity index (χ1) is 16.8. The molecular weight excluding hydrogens is 476 g/mol. The number of hydrogen-bond donors (Lipinski definition) is 2. The summed E-state index contributed by atoms with van der Waals surface area (Å²) in [5, 5.41) is 3.68. The highest BCUT2D eigenvalue weighted by Gasteiger charge is 2.31. The molecule has 4 rings (SSSR count). The van der Waals surface area contributed by atoms with Gasteiger partial charge in [0.1, 0.15) is 18.2 Å². The van der Waals surface area contributed by atoms with Crippen LogP contribution in [0.25, 0.3) is 5.57 Å². The number of aromatic nitrogens is 2. The number of halogens is 3. The molecule has 10 heteroatoms. The Kier molecular flexibility index (Phi) is 7.86. The number of benzene rings is 1. The molecule has 7 nitrogen and oxygen atoms in total. The van der Waals surface area contributed by atoms with Gasteiger partial charge < -0.3 is 20.7 Å². The van der Waals surface area contributed by atoms with Crippen molar-refractivity contribution < 1.29 is 18.3 Å². The first kappa shape index (κ1) is 25.3. The van der Waals surface area contributed by atoms with Crippen LogP contribution in [0.3, 0.4) is 0 Å². The van der Waals surface area contributed by atoms with Gasteiger partial charge in [0.05, 0.1) is 41.2 Å². The van der Waals surface area contributed by atoms with Crippen molar-refractivity contribution in [2.75, 3.05) is 26.3 Å². The number of amides is 1. The van der Waals surface area contributed by atoms with E-state index in [2.05, 4.69) is 15.3 Å². The van der Waals surface area contributed by atoms with Gasteiger partial charge in [-0.1, -0.05) is 11.6 Å². The zero-order valence-electron chi connectivity index (χ0n) is 19.9. The standard InChI is InChI=1S/C25H30ClF2N5O2/c1-14-23(26)15(2)32-24(31-14)20-12-33(13-21(20)29)25(34)19-8-3-16(28)11-22(19)35-18-6-4-17(5-7-18)30-10-9-27/h3,8,11,17-18,30H,4-7,9-10,12-13,29H2,1-2H3. The van der Waals surface area contributed by atoms with Gasteiger partial charge in [0.2, 0.25) is 0 Å². The Morgan fingerprint density at radius 2 is 1.89 bits per heavy atom. The minimum Gasteiger partial charge on any atom is -0.489 e. The monoisotopic (exact) mass is 505 g/mol. The molecule has 3 N–H and O–H groups in total. The molecule has 2 aliphatic rings. The maximum absolute atomic E-state index is 14.1. The normalized spacial score (nSPS) is 20.4. The fourth-order valence-electron chi connectivity index (χ4n) is 4.61. The summed E-state index contributed by atoms with van der Waals surface area (Å²) in [6.07, 6.45) is 3.00. The number of nitrogens with two attached hydrogens (primary N) is 1. The van der Waals surface area contributed by atoms with E-state index in [4.69, 9.17) is 22.1 Å². The lowest BCUT2D eigenvalue weighted by molar-refractivity contribution is 0.0785. The number of ether oxygens (including phenoxy) is 1. The summed E-state index contributed by atoms with van der Waals surface area (Å²) in [7, 11) is 0. The molecule has 188 valence electrons. The van der Waals surface area contributed by atoms with E-state index in [9.17, 15) is 13.6 Å². The van der Waals surface area contributed by atoms with E-state index in [0.717, 1.165) is 25.7 Å². The Bertz CT molecular complexity index is 1110. The molecule has 0 bridgehead atoms. The van der Waals surface area contributed by atoms with Crippen LogP contribution in [-0.2, 0) is 0 Å². The summed E-state index contributed by atoms with van der Waals surface area (Å²) in [4.78, 5) is 23.9. The minimum atomic E-state index is -0.477. The highest BCUT2D eigenvalue weighted by molar-refractivity contribution is 6.31. The number of nitrogens with one attached hydrogen (secondary N) is 1. The second-order valence-electron chi connectivity index (χ2n) is 9.07. The Hall–Kier alpha value is -2.78. The van der Waals surface area contributed by atoms with E-state index in [1.165, 1.54) is 18.2 Å². The molecule has 1 saturated carbocycles. The zero-order valence-corrected chi connectivity index (χ0v) is 20.7. The number of aryl methyl sites for hydroxylation is 2. The molecule has 1 aromatic carbocycles. The fraction of sp³-hybridized carbons (Fsp3) is 0.480. The number of alkyl halides is 1. The first-order valence-corrected chi connectivity index (χ1v) is 12.2. The third kappa shape index (κ3) is 5.73. The Balaban J connectivity index is 1.47. The fourth-order valence-corrected chi connectivity index (χ4v) is 4.69. The van der Waals surface area contributed by atoms with Crippen molar-refractivity contribution in [2.45, 2.75) is 51.7 Å². The summed E-state index contributed by atoms with van der Waals surface area (Å²) >= 11 is 6.19. The highest BCUT2D eigenvalue weighted by atomic mass is 35.5. The average Bonchev–Trinajstić information content (AvgIpc) is 3.23. The molecule has 1 aliphatic heterocycles. The summed E-state index contributed by atoms with van der Waals surface area (Å²) in [5.41, 5.74) is 9.00. The zero-order chi connectivity index (χ0) is 25.1. The SMILES string of the molecule is Cc1nc(C2=C(N)CN(C(=O)c3ccc(F)cc3OC3CCC(NCCF)CC3)C2)nc(C)c1Cl. The third-order valence-corrected chi connectivity index (χ3v) is 7.05. The molecule has 2 heterocycles. The van der Waals surface area contributed by atoms with Gasteiger partial charge >= 0.3 is 0 Å². The number of nitrogens with zero attached hydrogens (tertiary/aromatic N) is 3. The minimum absolute atomic E-state index is 0.141. The van der Waals surface area contributed by atoms with E-state index in [0.29, 0.717) is 40.0 Å². The van der Waals surface area contributed by atoms with Gasteiger partial charge in [-0.2, -0.15) is 0 Å². The number of carbonyl (C=O) groups is 1. The molecule has 0 unspecified atom stereocenters. The van der Waals surface area contributed by atoms with Crippen molar-refractivity contribution in [3.05, 3.63) is 57.5 Å². The quantitative estimate of drug-likeness (QED) is 0.591. The average molecular weight is 506 g/mol. The van der Waals surface area contributed by atoms with Crippen LogP contribution < -0.4 is 15.8 Å². The predicted molar refractivity (Wildman–Crippen MR) is 131 cm³/mol. The lowest BCUT2D eigenvalue weighted by Crippen LogP contribution is -2.37. The highest BCUT2D eigenvalue weighted by Crippen LogP contribution is 2.31. The van der Waals surface area contributed by atoms with Crippen LogP contribution in [0.5, 0.6) is 5.75 Å². The molecule has 0 spiro atoms. The second kappa shape index (κ2) is 10.9. The van der Waals surface area contributed by atoms with Crippen LogP contribution in [0.4, 0.5) is 8.78 Å². The molecule has 2 aromatic rings. The van der Waals surface area contributed by atoms with E-state index in [1.807, 2.05) is 0 Å². The molecule has 0 saturated heterocycles. The Morgan fingerprint density at radius 3 is 2.54 bits per heavy atom. The number of hydrogen-bond acceptors (Lipinski definition) is 6. The van der Waals surface area contributed by atoms with Gasteiger partial charge in [-0.15, -0.1) is 0 Å². The van der Waals surface area contributed by atoms with Gasteiger partial charge in [-0.3, -0.25) is 4.79 Å². The Labute approximate surface area is 208 Å². The topological polar surface area (TPSA) is 93.4 Å². The molecule has 1 aliphatic carbocycles. The molecule has 35 heavy (non-hydrogen) atoms. The van der Waals surface area contributed by atoms with Gasteiger partial charge in [0.25, 0.3) is 5.91 Å². The van der Waals surface area contributed by atoms with Crippen molar-refractivity contribution in [2.24, 2.45) is 5.73 Å². The molecular formula is C25H30ClF2N5O2. The summed E-state index contributed by atoms with van der Waals surface area (Å²) in [6, 6.07) is 4.20. The maximum atomic E-state index is 14.1. The smallest absolute Gasteiger partial charge is 0.258 e. The number of rotatable bonds is 7. The van der Waals surface area contributed by atoms with Gasteiger partial charge in [-0.05, 0) is 51.7 Å². The van der Waals surface area contributed by atoms with Gasteiger partial charge in [0, 0.05) is 29.9 Å². The van der Waals surface area contributed by atoms with Crippen molar-refractivity contribution in [1.29, 1.82) is 0 Å². The van der Waals surface area contributed by atoms with E-state index in [1.54, 1.807) is 18.7 Å². The lowest BCUT2D eigenvalue weighted by atomic mass is 9.93. The van der Waals surface area contributed by atoms with Crippen LogP contribution >= 0.6 is 11.6 Å². The van der Waals surface area contributed by atoms with Crippen molar-refractivity contribution in [1.82, 2.24) is 20.2 Å². The lowest BCUT2D eigenvalue weighted by Gasteiger charge is -2.30. The molecule has 0 radical (unpaired) electrons. The molecule has 1 amide bonds. The van der Waals surface area contributed by atoms with Crippen LogP contribution in [0.2, 0.25) is 5.02 Å². The van der Waals surface area contributed by atoms with Crippen LogP contribution in [0.15, 0.2) is 23.9 Å². The second-order valence-corrected chi connectivity index (χ2v) is 9.45. The van der Waals surface area contributed by atoms with Gasteiger partial charge in [-0.25, -0.2) is 18.7 Å². The van der Waals surface area contributed by atoms with Crippen molar-refractivity contribution in [3.8, 4) is 5.75 Å². The number of carbonyl (C=O) groups excluding carboxylic acids is 1. The van der Waals surface area contributed by atoms with Crippen LogP contribution in [-0.4, -0.2) is 59.2 Å². The van der Waals surface area contributed by atoms with Crippen LogP contribution in [0.1, 0.15) is 53.3 Å². The maximum Gasteiger partial charge on any atom is 0.258 e. The third-order valence-electron chi connectivity index (χ3n) is 6.51. The Morgan fingerprint density at radius 1 is 1.20 bits per heavy atom. The van der Waals surface area contributed by atoms with Crippen LogP contribution in [0, 0.1) is 19.7 Å². The van der Waals surface area contributed by atoms with E-state index < -0.39 is 12.5 Å².